The second-order valence-electron chi connectivity index (χ2n) is 9.32. The lowest BCUT2D eigenvalue weighted by Gasteiger charge is -2.37. The largest absolute Gasteiger partial charge is 0.461 e. The van der Waals surface area contributed by atoms with Crippen LogP contribution in [0.25, 0.3) is 11.0 Å². The molecule has 0 aliphatic heterocycles. The summed E-state index contributed by atoms with van der Waals surface area (Å²) >= 11 is 0. The zero-order valence-corrected chi connectivity index (χ0v) is 17.7. The fourth-order valence-corrected chi connectivity index (χ4v) is 5.04. The molecule has 0 spiro atoms. The minimum absolute atomic E-state index is 0.0369. The molecule has 2 saturated carbocycles. The Kier molecular flexibility index (Phi) is 5.48. The van der Waals surface area contributed by atoms with E-state index in [4.69, 9.17) is 9.72 Å². The van der Waals surface area contributed by atoms with Gasteiger partial charge in [0.05, 0.1) is 11.0 Å². The molecule has 4 nitrogen and oxygen atoms in total. The van der Waals surface area contributed by atoms with Gasteiger partial charge in [-0.3, -0.25) is 0 Å². The van der Waals surface area contributed by atoms with Crippen LogP contribution >= 0.6 is 0 Å². The van der Waals surface area contributed by atoms with Crippen LogP contribution in [-0.2, 0) is 16.0 Å². The van der Waals surface area contributed by atoms with Crippen molar-refractivity contribution in [1.29, 1.82) is 0 Å². The van der Waals surface area contributed by atoms with E-state index in [-0.39, 0.29) is 18.1 Å². The van der Waals surface area contributed by atoms with E-state index in [2.05, 4.69) is 38.3 Å². The van der Waals surface area contributed by atoms with Crippen molar-refractivity contribution in [2.45, 2.75) is 78.4 Å². The van der Waals surface area contributed by atoms with Gasteiger partial charge in [-0.15, -0.1) is 0 Å². The van der Waals surface area contributed by atoms with Gasteiger partial charge in [-0.2, -0.15) is 0 Å². The third-order valence-electron chi connectivity index (χ3n) is 6.80. The second-order valence-corrected chi connectivity index (χ2v) is 9.32. The van der Waals surface area contributed by atoms with E-state index < -0.39 is 0 Å². The van der Waals surface area contributed by atoms with Crippen LogP contribution in [0.5, 0.6) is 0 Å². The molecule has 2 aliphatic rings. The van der Waals surface area contributed by atoms with Crippen molar-refractivity contribution in [3.63, 3.8) is 0 Å². The predicted molar refractivity (Wildman–Crippen MR) is 112 cm³/mol. The molecule has 4 rings (SSSR count). The van der Waals surface area contributed by atoms with Gasteiger partial charge in [-0.25, -0.2) is 9.78 Å². The lowest BCUT2D eigenvalue weighted by Crippen LogP contribution is -2.38. The number of fused-ring (bicyclic) bond motifs is 1. The van der Waals surface area contributed by atoms with Crippen LogP contribution in [0.1, 0.15) is 71.7 Å². The molecule has 2 fully saturated rings. The monoisotopic (exact) mass is 382 g/mol. The summed E-state index contributed by atoms with van der Waals surface area (Å²) in [6.07, 6.45) is 6.48. The highest BCUT2D eigenvalue weighted by atomic mass is 16.5. The molecule has 2 aromatic rings. The number of para-hydroxylation sites is 2. The van der Waals surface area contributed by atoms with E-state index in [9.17, 15) is 4.79 Å². The molecule has 1 heterocycles. The number of aromatic nitrogens is 2. The minimum Gasteiger partial charge on any atom is -0.461 e. The van der Waals surface area contributed by atoms with Crippen molar-refractivity contribution < 1.29 is 9.53 Å². The van der Waals surface area contributed by atoms with Crippen molar-refractivity contribution in [2.75, 3.05) is 0 Å². The summed E-state index contributed by atoms with van der Waals surface area (Å²) in [5.74, 6) is 2.99. The number of nitrogens with zero attached hydrogens (tertiary/aromatic N) is 2. The lowest BCUT2D eigenvalue weighted by molar-refractivity contribution is -0.160. The van der Waals surface area contributed by atoms with Crippen molar-refractivity contribution in [3.05, 3.63) is 30.1 Å². The Morgan fingerprint density at radius 3 is 2.64 bits per heavy atom. The van der Waals surface area contributed by atoms with E-state index in [1.165, 1.54) is 12.8 Å². The number of hydrogen-bond acceptors (Lipinski definition) is 3. The SMILES string of the molecule is CCc1nc2ccccc2n1[C@@H](C(=O)O[C@@H]1CC(C)CC[C@H]1C(C)C)C1CC1. The van der Waals surface area contributed by atoms with Crippen molar-refractivity contribution in [2.24, 2.45) is 23.7 Å². The first-order chi connectivity index (χ1) is 13.5. The summed E-state index contributed by atoms with van der Waals surface area (Å²) in [5, 5.41) is 0. The van der Waals surface area contributed by atoms with Gasteiger partial charge >= 0.3 is 5.97 Å². The van der Waals surface area contributed by atoms with Crippen LogP contribution in [0.15, 0.2) is 24.3 Å². The molecule has 0 amide bonds. The van der Waals surface area contributed by atoms with Gasteiger partial charge in [0, 0.05) is 6.42 Å². The highest BCUT2D eigenvalue weighted by molar-refractivity contribution is 5.82. The van der Waals surface area contributed by atoms with Crippen LogP contribution in [0.3, 0.4) is 0 Å². The molecule has 4 atom stereocenters. The first-order valence-electron chi connectivity index (χ1n) is 11.2. The summed E-state index contributed by atoms with van der Waals surface area (Å²) in [5.41, 5.74) is 2.04. The summed E-state index contributed by atoms with van der Waals surface area (Å²) in [6, 6.07) is 7.95. The first kappa shape index (κ1) is 19.5. The molecule has 0 radical (unpaired) electrons. The van der Waals surface area contributed by atoms with E-state index in [1.807, 2.05) is 18.2 Å². The first-order valence-corrected chi connectivity index (χ1v) is 11.2. The topological polar surface area (TPSA) is 44.1 Å². The molecule has 1 aromatic carbocycles. The minimum atomic E-state index is -0.229. The Hall–Kier alpha value is -1.84. The summed E-state index contributed by atoms with van der Waals surface area (Å²) < 4.78 is 8.47. The van der Waals surface area contributed by atoms with Gasteiger partial charge in [-0.05, 0) is 61.5 Å². The molecule has 0 N–H and O–H groups in total. The van der Waals surface area contributed by atoms with E-state index in [1.54, 1.807) is 0 Å². The third kappa shape index (κ3) is 3.70. The van der Waals surface area contributed by atoms with E-state index >= 15 is 0 Å². The Bertz CT molecular complexity index is 836. The van der Waals surface area contributed by atoms with Gasteiger partial charge in [0.1, 0.15) is 18.0 Å². The maximum absolute atomic E-state index is 13.5. The highest BCUT2D eigenvalue weighted by Crippen LogP contribution is 2.44. The zero-order chi connectivity index (χ0) is 19.8. The second kappa shape index (κ2) is 7.88. The fourth-order valence-electron chi connectivity index (χ4n) is 5.04. The Morgan fingerprint density at radius 2 is 1.96 bits per heavy atom. The molecule has 28 heavy (non-hydrogen) atoms. The van der Waals surface area contributed by atoms with Crippen molar-refractivity contribution >= 4 is 17.0 Å². The molecule has 2 aliphatic carbocycles. The molecule has 1 unspecified atom stereocenters. The fraction of sp³-hybridized carbons (Fsp3) is 0.667. The normalized spacial score (nSPS) is 26.5. The zero-order valence-electron chi connectivity index (χ0n) is 17.7. The number of esters is 1. The average molecular weight is 383 g/mol. The van der Waals surface area contributed by atoms with Crippen LogP contribution in [0.4, 0.5) is 0 Å². The molecular formula is C24H34N2O2. The Morgan fingerprint density at radius 1 is 1.21 bits per heavy atom. The molecule has 152 valence electrons. The Balaban J connectivity index is 1.65. The number of carbonyl (C=O) groups is 1. The number of rotatable bonds is 6. The van der Waals surface area contributed by atoms with Crippen molar-refractivity contribution in [3.8, 4) is 0 Å². The quantitative estimate of drug-likeness (QED) is 0.615. The van der Waals surface area contributed by atoms with Crippen LogP contribution in [0, 0.1) is 23.7 Å². The average Bonchev–Trinajstić information content (AvgIpc) is 3.43. The van der Waals surface area contributed by atoms with Crippen LogP contribution in [-0.4, -0.2) is 21.6 Å². The van der Waals surface area contributed by atoms with Gasteiger partial charge in [0.25, 0.3) is 0 Å². The molecule has 1 aromatic heterocycles. The van der Waals surface area contributed by atoms with Crippen molar-refractivity contribution in [1.82, 2.24) is 9.55 Å². The number of imidazole rings is 1. The number of benzene rings is 1. The molecule has 4 heteroatoms. The summed E-state index contributed by atoms with van der Waals surface area (Å²) in [4.78, 5) is 18.3. The summed E-state index contributed by atoms with van der Waals surface area (Å²) in [6.45, 7) is 8.93. The highest BCUT2D eigenvalue weighted by Gasteiger charge is 2.42. The number of hydrogen-bond donors (Lipinski definition) is 0. The maximum atomic E-state index is 13.5. The van der Waals surface area contributed by atoms with E-state index in [0.29, 0.717) is 23.7 Å². The Labute approximate surface area is 168 Å². The smallest absolute Gasteiger partial charge is 0.329 e. The number of ether oxygens (including phenoxy) is 1. The van der Waals surface area contributed by atoms with E-state index in [0.717, 1.165) is 42.5 Å². The molecule has 0 saturated heterocycles. The van der Waals surface area contributed by atoms with Gasteiger partial charge in [-0.1, -0.05) is 46.2 Å². The van der Waals surface area contributed by atoms with Crippen LogP contribution in [0.2, 0.25) is 0 Å². The lowest BCUT2D eigenvalue weighted by atomic mass is 9.75. The standard InChI is InChI=1S/C24H34N2O2/c1-5-22-25-19-8-6-7-9-20(19)26(22)23(17-11-12-17)24(27)28-21-14-16(4)10-13-18(21)15(2)3/h6-9,15-18,21,23H,5,10-14H2,1-4H3/t16?,18-,21+,23+/m0/s1. The third-order valence-corrected chi connectivity index (χ3v) is 6.80. The van der Waals surface area contributed by atoms with Gasteiger partial charge in [0.15, 0.2) is 0 Å². The number of aryl methyl sites for hydroxylation is 1. The molecule has 0 bridgehead atoms. The predicted octanol–water partition coefficient (Wildman–Crippen LogP) is 5.55. The number of carbonyl (C=O) groups excluding carboxylic acids is 1. The van der Waals surface area contributed by atoms with Crippen LogP contribution < -0.4 is 0 Å². The molecular weight excluding hydrogens is 348 g/mol. The maximum Gasteiger partial charge on any atom is 0.329 e. The van der Waals surface area contributed by atoms with Gasteiger partial charge < -0.3 is 9.30 Å². The summed E-state index contributed by atoms with van der Waals surface area (Å²) in [7, 11) is 0. The van der Waals surface area contributed by atoms with Gasteiger partial charge in [0.2, 0.25) is 0 Å².